The zero-order chi connectivity index (χ0) is 19.9. The number of hydrogen-bond donors (Lipinski definition) is 2. The van der Waals surface area contributed by atoms with Crippen LogP contribution in [0.1, 0.15) is 58.3 Å². The summed E-state index contributed by atoms with van der Waals surface area (Å²) >= 11 is 0. The fourth-order valence-corrected chi connectivity index (χ4v) is 6.13. The Morgan fingerprint density at radius 1 is 1.11 bits per heavy atom. The topological polar surface area (TPSA) is 108 Å². The first-order valence-corrected chi connectivity index (χ1v) is 10.5. The van der Waals surface area contributed by atoms with Crippen molar-refractivity contribution in [1.82, 2.24) is 10.6 Å². The number of rotatable bonds is 7. The van der Waals surface area contributed by atoms with Gasteiger partial charge in [0, 0.05) is 5.41 Å². The summed E-state index contributed by atoms with van der Waals surface area (Å²) in [6, 6.07) is 2.13. The molecule has 152 valence electrons. The third-order valence-electron chi connectivity index (χ3n) is 7.30. The van der Waals surface area contributed by atoms with Gasteiger partial charge < -0.3 is 15.4 Å². The van der Waals surface area contributed by atoms with Crippen LogP contribution in [0.3, 0.4) is 0 Å². The van der Waals surface area contributed by atoms with Gasteiger partial charge in [0.05, 0.1) is 6.07 Å². The zero-order valence-electron chi connectivity index (χ0n) is 16.5. The van der Waals surface area contributed by atoms with Gasteiger partial charge in [0.2, 0.25) is 5.91 Å². The van der Waals surface area contributed by atoms with E-state index < -0.39 is 24.0 Å². The largest absolute Gasteiger partial charge is 0.454 e. The van der Waals surface area contributed by atoms with Gasteiger partial charge in [-0.15, -0.1) is 0 Å². The summed E-state index contributed by atoms with van der Waals surface area (Å²) in [5.41, 5.74) is -1.21. The van der Waals surface area contributed by atoms with Crippen molar-refractivity contribution in [3.05, 3.63) is 0 Å². The van der Waals surface area contributed by atoms with Gasteiger partial charge in [-0.05, 0) is 82.0 Å². The van der Waals surface area contributed by atoms with E-state index in [0.29, 0.717) is 17.8 Å². The van der Waals surface area contributed by atoms with E-state index in [9.17, 15) is 19.6 Å². The molecule has 0 heterocycles. The fourth-order valence-electron chi connectivity index (χ4n) is 6.13. The maximum atomic E-state index is 12.8. The van der Waals surface area contributed by atoms with Crippen LogP contribution < -0.4 is 10.6 Å². The van der Waals surface area contributed by atoms with E-state index in [1.807, 2.05) is 0 Å². The molecule has 0 radical (unpaired) electrons. The van der Waals surface area contributed by atoms with E-state index >= 15 is 0 Å². The van der Waals surface area contributed by atoms with Crippen LogP contribution >= 0.6 is 0 Å². The number of amides is 2. The molecule has 1 unspecified atom stereocenters. The number of hydrogen-bond acceptors (Lipinski definition) is 5. The lowest BCUT2D eigenvalue weighted by Gasteiger charge is -2.55. The normalized spacial score (nSPS) is 34.8. The van der Waals surface area contributed by atoms with Crippen LogP contribution in [-0.4, -0.2) is 36.5 Å². The first-order valence-electron chi connectivity index (χ1n) is 10.5. The molecule has 2 amide bonds. The molecule has 0 aromatic heterocycles. The van der Waals surface area contributed by atoms with Gasteiger partial charge in [-0.2, -0.15) is 5.26 Å². The minimum absolute atomic E-state index is 0.0289. The number of carbonyl (C=O) groups excluding carboxylic acids is 3. The SMILES string of the molecule is CC(C#N)(NC(=O)COC(=O)CNC(=O)C12CC3CC(CC(C3)C1)C2)C1CC1. The van der Waals surface area contributed by atoms with Gasteiger partial charge in [-0.25, -0.2) is 0 Å². The van der Waals surface area contributed by atoms with Crippen LogP contribution in [0.25, 0.3) is 0 Å². The molecule has 5 aliphatic rings. The maximum Gasteiger partial charge on any atom is 0.325 e. The Kier molecular flexibility index (Phi) is 4.84. The Hall–Kier alpha value is -2.10. The first kappa shape index (κ1) is 19.2. The summed E-state index contributed by atoms with van der Waals surface area (Å²) in [4.78, 5) is 36.8. The summed E-state index contributed by atoms with van der Waals surface area (Å²) in [7, 11) is 0. The Morgan fingerprint density at radius 3 is 2.18 bits per heavy atom. The molecule has 2 N–H and O–H groups in total. The number of esters is 1. The van der Waals surface area contributed by atoms with E-state index in [1.54, 1.807) is 6.92 Å². The lowest BCUT2D eigenvalue weighted by molar-refractivity contribution is -0.152. The maximum absolute atomic E-state index is 12.8. The lowest BCUT2D eigenvalue weighted by atomic mass is 9.49. The quantitative estimate of drug-likeness (QED) is 0.646. The summed E-state index contributed by atoms with van der Waals surface area (Å²) in [6.07, 6.45) is 8.42. The zero-order valence-corrected chi connectivity index (χ0v) is 16.5. The Balaban J connectivity index is 1.21. The van der Waals surface area contributed by atoms with Crippen LogP contribution in [0.15, 0.2) is 0 Å². The summed E-state index contributed by atoms with van der Waals surface area (Å²) in [6.45, 7) is 1.04. The van der Waals surface area contributed by atoms with Crippen molar-refractivity contribution in [2.45, 2.75) is 63.8 Å². The standard InChI is InChI=1S/C21H29N3O4/c1-20(12-22,16-2-3-16)24-17(25)11-28-18(26)10-23-19(27)21-7-13-4-14(8-21)6-15(5-13)9-21/h13-16H,2-11H2,1H3,(H,23,27)(H,24,25). The number of nitriles is 1. The van der Waals surface area contributed by atoms with Gasteiger partial charge in [0.15, 0.2) is 6.61 Å². The second-order valence-electron chi connectivity index (χ2n) is 9.68. The van der Waals surface area contributed by atoms with Crippen molar-refractivity contribution in [1.29, 1.82) is 5.26 Å². The summed E-state index contributed by atoms with van der Waals surface area (Å²) in [5.74, 6) is 1.00. The third-order valence-corrected chi connectivity index (χ3v) is 7.30. The van der Waals surface area contributed by atoms with Gasteiger partial charge in [0.25, 0.3) is 5.91 Å². The molecule has 0 aromatic rings. The van der Waals surface area contributed by atoms with Gasteiger partial charge in [-0.1, -0.05) is 0 Å². The molecule has 0 aromatic carbocycles. The van der Waals surface area contributed by atoms with Crippen molar-refractivity contribution in [3.8, 4) is 6.07 Å². The number of nitrogens with one attached hydrogen (secondary N) is 2. The highest BCUT2D eigenvalue weighted by Gasteiger charge is 2.54. The Labute approximate surface area is 165 Å². The third kappa shape index (κ3) is 3.74. The molecule has 5 rings (SSSR count). The van der Waals surface area contributed by atoms with Crippen LogP contribution in [-0.2, 0) is 19.1 Å². The summed E-state index contributed by atoms with van der Waals surface area (Å²) < 4.78 is 4.99. The Morgan fingerprint density at radius 2 is 1.68 bits per heavy atom. The molecule has 0 spiro atoms. The highest BCUT2D eigenvalue weighted by atomic mass is 16.5. The number of ether oxygens (including phenoxy) is 1. The smallest absolute Gasteiger partial charge is 0.325 e. The summed E-state index contributed by atoms with van der Waals surface area (Å²) in [5, 5.41) is 14.7. The van der Waals surface area contributed by atoms with E-state index in [1.165, 1.54) is 19.3 Å². The van der Waals surface area contributed by atoms with Gasteiger partial charge in [-0.3, -0.25) is 14.4 Å². The monoisotopic (exact) mass is 387 g/mol. The number of nitrogens with zero attached hydrogens (tertiary/aromatic N) is 1. The molecule has 7 heteroatoms. The second-order valence-corrected chi connectivity index (χ2v) is 9.68. The molecule has 0 aliphatic heterocycles. The molecule has 5 aliphatic carbocycles. The fraction of sp³-hybridized carbons (Fsp3) is 0.810. The van der Waals surface area contributed by atoms with E-state index in [2.05, 4.69) is 16.7 Å². The van der Waals surface area contributed by atoms with Crippen LogP contribution in [0.5, 0.6) is 0 Å². The highest BCUT2D eigenvalue weighted by Crippen LogP contribution is 2.60. The molecular formula is C21H29N3O4. The van der Waals surface area contributed by atoms with Crippen LogP contribution in [0, 0.1) is 40.4 Å². The highest BCUT2D eigenvalue weighted by molar-refractivity contribution is 5.87. The predicted octanol–water partition coefficient (Wildman–Crippen LogP) is 1.67. The van der Waals surface area contributed by atoms with Gasteiger partial charge in [0.1, 0.15) is 12.1 Å². The average molecular weight is 387 g/mol. The average Bonchev–Trinajstić information content (AvgIpc) is 3.49. The molecule has 7 nitrogen and oxygen atoms in total. The van der Waals surface area contributed by atoms with E-state index in [-0.39, 0.29) is 23.8 Å². The van der Waals surface area contributed by atoms with Gasteiger partial charge >= 0.3 is 5.97 Å². The molecule has 1 atom stereocenters. The van der Waals surface area contributed by atoms with Crippen molar-refractivity contribution < 1.29 is 19.1 Å². The molecule has 5 saturated carbocycles. The second kappa shape index (κ2) is 7.06. The minimum atomic E-state index is -0.907. The molecule has 28 heavy (non-hydrogen) atoms. The molecule has 0 saturated heterocycles. The van der Waals surface area contributed by atoms with Crippen molar-refractivity contribution >= 4 is 17.8 Å². The molecular weight excluding hydrogens is 358 g/mol. The Bertz CT molecular complexity index is 688. The van der Waals surface area contributed by atoms with Crippen LogP contribution in [0.4, 0.5) is 0 Å². The minimum Gasteiger partial charge on any atom is -0.454 e. The molecule has 5 fully saturated rings. The predicted molar refractivity (Wildman–Crippen MR) is 99.5 cm³/mol. The van der Waals surface area contributed by atoms with Crippen molar-refractivity contribution in [2.24, 2.45) is 29.1 Å². The molecule has 4 bridgehead atoms. The number of carbonyl (C=O) groups is 3. The van der Waals surface area contributed by atoms with Crippen molar-refractivity contribution in [2.75, 3.05) is 13.2 Å². The first-order chi connectivity index (χ1) is 13.3. The van der Waals surface area contributed by atoms with E-state index in [4.69, 9.17) is 4.74 Å². The van der Waals surface area contributed by atoms with Crippen molar-refractivity contribution in [3.63, 3.8) is 0 Å². The lowest BCUT2D eigenvalue weighted by Crippen LogP contribution is -2.54. The van der Waals surface area contributed by atoms with Crippen LogP contribution in [0.2, 0.25) is 0 Å². The van der Waals surface area contributed by atoms with E-state index in [0.717, 1.165) is 32.1 Å².